The van der Waals surface area contributed by atoms with Crippen LogP contribution in [0.15, 0.2) is 42.5 Å². The highest BCUT2D eigenvalue weighted by Gasteiger charge is 2.47. The van der Waals surface area contributed by atoms with E-state index in [0.717, 1.165) is 55.6 Å². The van der Waals surface area contributed by atoms with Crippen LogP contribution in [0.1, 0.15) is 62.6 Å². The Morgan fingerprint density at radius 1 is 1.00 bits per heavy atom. The number of carbonyl (C=O) groups is 2. The van der Waals surface area contributed by atoms with Crippen molar-refractivity contribution in [2.45, 2.75) is 51.5 Å². The van der Waals surface area contributed by atoms with Gasteiger partial charge in [-0.1, -0.05) is 44.9 Å². The molecule has 37 heavy (non-hydrogen) atoms. The van der Waals surface area contributed by atoms with Crippen molar-refractivity contribution < 1.29 is 23.8 Å². The molecule has 2 aromatic rings. The molecular weight excluding hydrogens is 470 g/mol. The lowest BCUT2D eigenvalue weighted by molar-refractivity contribution is -0.133. The fourth-order valence-corrected chi connectivity index (χ4v) is 5.45. The summed E-state index contributed by atoms with van der Waals surface area (Å²) in [7, 11) is 1.62. The number of ether oxygens (including phenoxy) is 3. The van der Waals surface area contributed by atoms with Gasteiger partial charge in [0, 0.05) is 31.6 Å². The molecule has 2 aliphatic heterocycles. The molecular formula is C29H39N3O5. The summed E-state index contributed by atoms with van der Waals surface area (Å²) in [5.74, 6) is 1.10. The Labute approximate surface area is 219 Å². The van der Waals surface area contributed by atoms with Crippen molar-refractivity contribution in [2.75, 3.05) is 40.1 Å². The zero-order valence-corrected chi connectivity index (χ0v) is 22.2. The van der Waals surface area contributed by atoms with E-state index in [0.29, 0.717) is 18.0 Å². The van der Waals surface area contributed by atoms with E-state index in [1.807, 2.05) is 47.4 Å². The standard InChI is InChI=1S/C29H39N3O5/c1-4-6-14-31(15-7-5-2)26(33)18-32-17-23(21-10-13-24-25(16-21)37-19-36-24)27(29(30)34)28(32)20-8-11-22(35-3)12-9-20/h8-13,16,23,27-28H,4-7,14-15,17-19H2,1-3H3,(H2,30,34)/t23-,27-,28+/m0/s1. The molecule has 200 valence electrons. The van der Waals surface area contributed by atoms with E-state index in [1.54, 1.807) is 7.11 Å². The minimum absolute atomic E-state index is 0.0926. The Bertz CT molecular complexity index is 1070. The molecule has 2 N–H and O–H groups in total. The molecule has 0 bridgehead atoms. The normalized spacial score (nSPS) is 20.7. The maximum Gasteiger partial charge on any atom is 0.236 e. The van der Waals surface area contributed by atoms with E-state index in [9.17, 15) is 9.59 Å². The molecule has 4 rings (SSSR count). The number of primary amides is 1. The molecule has 2 heterocycles. The number of likely N-dealkylation sites (tertiary alicyclic amines) is 1. The number of hydrogen-bond donors (Lipinski definition) is 1. The smallest absolute Gasteiger partial charge is 0.236 e. The molecule has 2 aliphatic rings. The van der Waals surface area contributed by atoms with Gasteiger partial charge in [0.1, 0.15) is 5.75 Å². The third-order valence-corrected chi connectivity index (χ3v) is 7.46. The second-order valence-corrected chi connectivity index (χ2v) is 9.88. The minimum atomic E-state index is -0.513. The number of benzene rings is 2. The first-order valence-electron chi connectivity index (χ1n) is 13.3. The highest BCUT2D eigenvalue weighted by Crippen LogP contribution is 2.47. The van der Waals surface area contributed by atoms with Crippen molar-refractivity contribution in [3.63, 3.8) is 0 Å². The average Bonchev–Trinajstić information content (AvgIpc) is 3.53. The Hall–Kier alpha value is -3.26. The van der Waals surface area contributed by atoms with Gasteiger partial charge in [0.2, 0.25) is 18.6 Å². The number of hydrogen-bond acceptors (Lipinski definition) is 6. The Kier molecular flexibility index (Phi) is 8.92. The zero-order valence-electron chi connectivity index (χ0n) is 22.2. The summed E-state index contributed by atoms with van der Waals surface area (Å²) >= 11 is 0. The van der Waals surface area contributed by atoms with Gasteiger partial charge in [-0.05, 0) is 48.2 Å². The van der Waals surface area contributed by atoms with Gasteiger partial charge in [0.15, 0.2) is 11.5 Å². The lowest BCUT2D eigenvalue weighted by Crippen LogP contribution is -2.42. The second-order valence-electron chi connectivity index (χ2n) is 9.88. The molecule has 0 unspecified atom stereocenters. The molecule has 0 spiro atoms. The molecule has 2 aromatic carbocycles. The number of carbonyl (C=O) groups excluding carboxylic acids is 2. The van der Waals surface area contributed by atoms with Crippen molar-refractivity contribution in [2.24, 2.45) is 11.7 Å². The molecule has 8 heteroatoms. The number of rotatable bonds is 12. The summed E-state index contributed by atoms with van der Waals surface area (Å²) in [4.78, 5) is 30.7. The van der Waals surface area contributed by atoms with Gasteiger partial charge < -0.3 is 24.8 Å². The molecule has 1 fully saturated rings. The number of unbranched alkanes of at least 4 members (excludes halogenated alkanes) is 2. The van der Waals surface area contributed by atoms with Crippen LogP contribution >= 0.6 is 0 Å². The molecule has 0 radical (unpaired) electrons. The van der Waals surface area contributed by atoms with Crippen LogP contribution in [0.4, 0.5) is 0 Å². The number of methoxy groups -OCH3 is 1. The lowest BCUT2D eigenvalue weighted by atomic mass is 9.82. The number of amides is 2. The third kappa shape index (κ3) is 6.01. The molecule has 0 aliphatic carbocycles. The largest absolute Gasteiger partial charge is 0.497 e. The number of fused-ring (bicyclic) bond motifs is 1. The first kappa shape index (κ1) is 26.8. The first-order valence-corrected chi connectivity index (χ1v) is 13.3. The predicted molar refractivity (Wildman–Crippen MR) is 142 cm³/mol. The highest BCUT2D eigenvalue weighted by atomic mass is 16.7. The van der Waals surface area contributed by atoms with E-state index in [1.165, 1.54) is 0 Å². The average molecular weight is 510 g/mol. The van der Waals surface area contributed by atoms with E-state index >= 15 is 0 Å². The molecule has 0 saturated carbocycles. The predicted octanol–water partition coefficient (Wildman–Crippen LogP) is 4.09. The Morgan fingerprint density at radius 2 is 1.65 bits per heavy atom. The van der Waals surface area contributed by atoms with Crippen LogP contribution in [0.25, 0.3) is 0 Å². The van der Waals surface area contributed by atoms with Crippen molar-refractivity contribution in [1.29, 1.82) is 0 Å². The van der Waals surface area contributed by atoms with Gasteiger partial charge in [-0.2, -0.15) is 0 Å². The van der Waals surface area contributed by atoms with Crippen LogP contribution in [0.3, 0.4) is 0 Å². The quantitative estimate of drug-likeness (QED) is 0.463. The van der Waals surface area contributed by atoms with Crippen LogP contribution in [0.2, 0.25) is 0 Å². The van der Waals surface area contributed by atoms with Crippen LogP contribution in [0, 0.1) is 5.92 Å². The topological polar surface area (TPSA) is 94.3 Å². The van der Waals surface area contributed by atoms with Crippen molar-refractivity contribution in [3.8, 4) is 17.2 Å². The Morgan fingerprint density at radius 3 is 2.27 bits per heavy atom. The van der Waals surface area contributed by atoms with Crippen LogP contribution in [-0.4, -0.2) is 61.7 Å². The maximum absolute atomic E-state index is 13.6. The summed E-state index contributed by atoms with van der Waals surface area (Å²) in [6.07, 6.45) is 4.01. The Balaban J connectivity index is 1.67. The van der Waals surface area contributed by atoms with Crippen LogP contribution in [-0.2, 0) is 9.59 Å². The maximum atomic E-state index is 13.6. The number of nitrogens with zero attached hydrogens (tertiary/aromatic N) is 2. The van der Waals surface area contributed by atoms with Gasteiger partial charge in [0.25, 0.3) is 0 Å². The summed E-state index contributed by atoms with van der Waals surface area (Å²) in [6, 6.07) is 13.2. The van der Waals surface area contributed by atoms with Gasteiger partial charge in [-0.3, -0.25) is 14.5 Å². The molecule has 0 aromatic heterocycles. The van der Waals surface area contributed by atoms with Crippen molar-refractivity contribution in [1.82, 2.24) is 9.80 Å². The molecule has 1 saturated heterocycles. The summed E-state index contributed by atoms with van der Waals surface area (Å²) < 4.78 is 16.4. The summed E-state index contributed by atoms with van der Waals surface area (Å²) in [6.45, 7) is 6.72. The second kappa shape index (κ2) is 12.3. The zero-order chi connectivity index (χ0) is 26.4. The monoisotopic (exact) mass is 509 g/mol. The van der Waals surface area contributed by atoms with E-state index in [4.69, 9.17) is 19.9 Å². The van der Waals surface area contributed by atoms with Crippen LogP contribution in [0.5, 0.6) is 17.2 Å². The molecule has 2 amide bonds. The lowest BCUT2D eigenvalue weighted by Gasteiger charge is -2.30. The summed E-state index contributed by atoms with van der Waals surface area (Å²) in [5, 5.41) is 0. The third-order valence-electron chi connectivity index (χ3n) is 7.46. The number of nitrogens with two attached hydrogens (primary N) is 1. The van der Waals surface area contributed by atoms with Gasteiger partial charge >= 0.3 is 0 Å². The molecule has 3 atom stereocenters. The minimum Gasteiger partial charge on any atom is -0.497 e. The SMILES string of the molecule is CCCCN(CCCC)C(=O)CN1C[C@@H](c2ccc3c(c2)OCO3)[C@H](C(N)=O)[C@H]1c1ccc(OC)cc1. The fourth-order valence-electron chi connectivity index (χ4n) is 5.45. The van der Waals surface area contributed by atoms with Crippen molar-refractivity contribution in [3.05, 3.63) is 53.6 Å². The van der Waals surface area contributed by atoms with Crippen LogP contribution < -0.4 is 19.9 Å². The van der Waals surface area contributed by atoms with E-state index < -0.39 is 5.92 Å². The first-order chi connectivity index (χ1) is 18.0. The summed E-state index contributed by atoms with van der Waals surface area (Å²) in [5.41, 5.74) is 7.96. The van der Waals surface area contributed by atoms with Crippen molar-refractivity contribution >= 4 is 11.8 Å². The van der Waals surface area contributed by atoms with E-state index in [2.05, 4.69) is 18.7 Å². The fraction of sp³-hybridized carbons (Fsp3) is 0.517. The van der Waals surface area contributed by atoms with Gasteiger partial charge in [0.05, 0.1) is 19.6 Å². The van der Waals surface area contributed by atoms with Gasteiger partial charge in [-0.15, -0.1) is 0 Å². The highest BCUT2D eigenvalue weighted by molar-refractivity contribution is 5.81. The van der Waals surface area contributed by atoms with E-state index in [-0.39, 0.29) is 37.1 Å². The molecule has 8 nitrogen and oxygen atoms in total. The van der Waals surface area contributed by atoms with Gasteiger partial charge in [-0.25, -0.2) is 0 Å².